The lowest BCUT2D eigenvalue weighted by Gasteiger charge is -2.21. The first kappa shape index (κ1) is 30.6. The summed E-state index contributed by atoms with van der Waals surface area (Å²) < 4.78 is 26.2. The summed E-state index contributed by atoms with van der Waals surface area (Å²) in [6.07, 6.45) is 6.59. The van der Waals surface area contributed by atoms with E-state index in [0.717, 1.165) is 42.4 Å². The van der Waals surface area contributed by atoms with Crippen molar-refractivity contribution in [2.75, 3.05) is 13.2 Å². The van der Waals surface area contributed by atoms with Gasteiger partial charge in [-0.1, -0.05) is 11.6 Å². The average molecular weight is 576 g/mol. The van der Waals surface area contributed by atoms with Crippen LogP contribution < -0.4 is 15.8 Å². The molecule has 2 aromatic carbocycles. The van der Waals surface area contributed by atoms with E-state index in [1.807, 2.05) is 57.7 Å². The Morgan fingerprint density at radius 3 is 2.64 bits per heavy atom. The van der Waals surface area contributed by atoms with Crippen LogP contribution in [0.3, 0.4) is 0 Å². The summed E-state index contributed by atoms with van der Waals surface area (Å²) in [6, 6.07) is 10.9. The first-order chi connectivity index (χ1) is 20.0. The predicted molar refractivity (Wildman–Crippen MR) is 161 cm³/mol. The molecule has 10 heteroatoms. The van der Waals surface area contributed by atoms with Crippen molar-refractivity contribution < 1.29 is 23.5 Å². The van der Waals surface area contributed by atoms with Crippen molar-refractivity contribution in [2.45, 2.75) is 65.1 Å². The summed E-state index contributed by atoms with van der Waals surface area (Å²) in [5.74, 6) is 0.0506. The molecule has 0 aliphatic carbocycles. The highest BCUT2D eigenvalue weighted by Crippen LogP contribution is 2.32. The first-order valence-corrected chi connectivity index (χ1v) is 13.9. The minimum Gasteiger partial charge on any atom is -0.456 e. The molecular formula is C32H38FN5O4. The minimum absolute atomic E-state index is 0.148. The van der Waals surface area contributed by atoms with Gasteiger partial charge in [-0.05, 0) is 76.4 Å². The van der Waals surface area contributed by atoms with Gasteiger partial charge in [-0.15, -0.1) is 0 Å². The Morgan fingerprint density at radius 2 is 2.02 bits per heavy atom. The van der Waals surface area contributed by atoms with E-state index in [4.69, 9.17) is 15.2 Å². The summed E-state index contributed by atoms with van der Waals surface area (Å²) >= 11 is 0. The number of carbonyl (C=O) groups is 2. The van der Waals surface area contributed by atoms with Gasteiger partial charge in [0, 0.05) is 36.6 Å². The molecule has 2 aliphatic heterocycles. The van der Waals surface area contributed by atoms with Gasteiger partial charge in [0.05, 0.1) is 41.9 Å². The van der Waals surface area contributed by atoms with Gasteiger partial charge in [0.2, 0.25) is 12.3 Å². The SMILES string of the molecule is Cc1ccc2nccc(Oc3cc(F)c(CC(=O)N/C(C=NC(C)(C)C)=C/N)cc3C)c2c1.O=CN1CC2CC1CO2. The zero-order valence-corrected chi connectivity index (χ0v) is 24.7. The van der Waals surface area contributed by atoms with Crippen molar-refractivity contribution in [1.82, 2.24) is 15.2 Å². The molecule has 42 heavy (non-hydrogen) atoms. The highest BCUT2D eigenvalue weighted by Gasteiger charge is 2.37. The molecule has 2 saturated heterocycles. The number of aryl methyl sites for hydroxylation is 2. The molecule has 0 saturated carbocycles. The molecule has 0 radical (unpaired) electrons. The lowest BCUT2D eigenvalue weighted by molar-refractivity contribution is -0.122. The Bertz CT molecular complexity index is 1510. The number of allylic oxidation sites excluding steroid dienone is 1. The second kappa shape index (κ2) is 13.1. The second-order valence-corrected chi connectivity index (χ2v) is 11.6. The Balaban J connectivity index is 0.000000377. The number of nitrogens with one attached hydrogen (secondary N) is 1. The number of hydrogen-bond donors (Lipinski definition) is 2. The number of fused-ring (bicyclic) bond motifs is 3. The number of morpholine rings is 1. The Morgan fingerprint density at radius 1 is 1.24 bits per heavy atom. The fraction of sp³-hybridized carbons (Fsp3) is 0.375. The van der Waals surface area contributed by atoms with Crippen molar-refractivity contribution in [3.8, 4) is 11.5 Å². The maximum absolute atomic E-state index is 14.9. The topological polar surface area (TPSA) is 119 Å². The van der Waals surface area contributed by atoms with Gasteiger partial charge >= 0.3 is 0 Å². The molecule has 2 bridgehead atoms. The Kier molecular flexibility index (Phi) is 9.57. The van der Waals surface area contributed by atoms with E-state index in [2.05, 4.69) is 15.3 Å². The fourth-order valence-electron chi connectivity index (χ4n) is 4.73. The maximum atomic E-state index is 14.9. The van der Waals surface area contributed by atoms with Crippen LogP contribution in [0.1, 0.15) is 43.9 Å². The number of nitrogens with two attached hydrogens (primary N) is 1. The number of carbonyl (C=O) groups excluding carboxylic acids is 2. The first-order valence-electron chi connectivity index (χ1n) is 13.9. The number of pyridine rings is 1. The van der Waals surface area contributed by atoms with Gasteiger partial charge in [0.15, 0.2) is 0 Å². The van der Waals surface area contributed by atoms with Crippen molar-refractivity contribution in [3.63, 3.8) is 0 Å². The number of ether oxygens (including phenoxy) is 2. The van der Waals surface area contributed by atoms with Crippen LogP contribution in [-0.4, -0.2) is 59.3 Å². The van der Waals surface area contributed by atoms with E-state index < -0.39 is 11.7 Å². The number of aromatic nitrogens is 1. The molecule has 3 aromatic rings. The standard InChI is InChI=1S/C26H29FN4O2.C6H9NO2/c1-16-6-7-22-20(10-16)23(8-9-29-22)33-24-13-21(27)18(11-17(24)2)12-25(32)31-19(14-28)15-30-26(3,4)5;8-4-7-2-6-1-5(7)3-9-6/h6-11,13-15H,12,28H2,1-5H3,(H,31,32);4-6H,1-3H2/b19-14+,30-15?;. The van der Waals surface area contributed by atoms with E-state index >= 15 is 0 Å². The summed E-state index contributed by atoms with van der Waals surface area (Å²) in [4.78, 5) is 33.2. The van der Waals surface area contributed by atoms with Crippen LogP contribution in [0.15, 0.2) is 59.5 Å². The van der Waals surface area contributed by atoms with Crippen molar-refractivity contribution in [1.29, 1.82) is 0 Å². The molecule has 222 valence electrons. The number of aliphatic imine (C=N–C) groups is 1. The van der Waals surface area contributed by atoms with E-state index in [9.17, 15) is 14.0 Å². The highest BCUT2D eigenvalue weighted by atomic mass is 19.1. The van der Waals surface area contributed by atoms with Crippen LogP contribution in [0.5, 0.6) is 11.5 Å². The number of likely N-dealkylation sites (tertiary alicyclic amines) is 1. The summed E-state index contributed by atoms with van der Waals surface area (Å²) in [5, 5.41) is 3.50. The smallest absolute Gasteiger partial charge is 0.228 e. The van der Waals surface area contributed by atoms with Crippen molar-refractivity contribution in [2.24, 2.45) is 10.7 Å². The number of amides is 2. The van der Waals surface area contributed by atoms with E-state index in [0.29, 0.717) is 34.9 Å². The highest BCUT2D eigenvalue weighted by molar-refractivity contribution is 5.89. The van der Waals surface area contributed by atoms with Gasteiger partial charge in [-0.2, -0.15) is 0 Å². The molecule has 2 amide bonds. The summed E-state index contributed by atoms with van der Waals surface area (Å²) in [7, 11) is 0. The normalized spacial score (nSPS) is 18.2. The zero-order valence-electron chi connectivity index (χ0n) is 24.7. The van der Waals surface area contributed by atoms with Gasteiger partial charge in [-0.3, -0.25) is 19.6 Å². The molecule has 5 rings (SSSR count). The average Bonchev–Trinajstić information content (AvgIpc) is 3.58. The van der Waals surface area contributed by atoms with E-state index in [1.54, 1.807) is 18.3 Å². The van der Waals surface area contributed by atoms with Crippen molar-refractivity contribution in [3.05, 3.63) is 77.0 Å². The van der Waals surface area contributed by atoms with Crippen LogP contribution in [0.2, 0.25) is 0 Å². The molecule has 2 atom stereocenters. The molecule has 2 aliphatic rings. The van der Waals surface area contributed by atoms with E-state index in [-0.39, 0.29) is 17.5 Å². The lowest BCUT2D eigenvalue weighted by Crippen LogP contribution is -2.35. The quantitative estimate of drug-likeness (QED) is 0.311. The monoisotopic (exact) mass is 575 g/mol. The third kappa shape index (κ3) is 7.91. The van der Waals surface area contributed by atoms with Crippen molar-refractivity contribution >= 4 is 29.4 Å². The van der Waals surface area contributed by atoms with Crippen LogP contribution in [0.4, 0.5) is 4.39 Å². The predicted octanol–water partition coefficient (Wildman–Crippen LogP) is 4.73. The van der Waals surface area contributed by atoms with Crippen LogP contribution in [-0.2, 0) is 20.7 Å². The molecule has 1 aromatic heterocycles. The lowest BCUT2D eigenvalue weighted by atomic mass is 10.1. The number of nitrogens with zero attached hydrogens (tertiary/aromatic N) is 3. The minimum atomic E-state index is -0.526. The third-order valence-corrected chi connectivity index (χ3v) is 6.90. The zero-order chi connectivity index (χ0) is 30.4. The summed E-state index contributed by atoms with van der Waals surface area (Å²) in [6.45, 7) is 11.1. The number of benzene rings is 2. The number of hydrogen-bond acceptors (Lipinski definition) is 7. The van der Waals surface area contributed by atoms with Gasteiger partial charge < -0.3 is 25.4 Å². The Hall–Kier alpha value is -4.31. The van der Waals surface area contributed by atoms with Crippen LogP contribution >= 0.6 is 0 Å². The summed E-state index contributed by atoms with van der Waals surface area (Å²) in [5.41, 5.74) is 8.46. The maximum Gasteiger partial charge on any atom is 0.228 e. The third-order valence-electron chi connectivity index (χ3n) is 6.90. The molecule has 2 fully saturated rings. The number of halogens is 1. The fourth-order valence-corrected chi connectivity index (χ4v) is 4.73. The van der Waals surface area contributed by atoms with Crippen LogP contribution in [0, 0.1) is 19.7 Å². The second-order valence-electron chi connectivity index (χ2n) is 11.6. The number of rotatable bonds is 7. The van der Waals surface area contributed by atoms with E-state index in [1.165, 1.54) is 18.5 Å². The van der Waals surface area contributed by atoms with Gasteiger partial charge in [-0.25, -0.2) is 4.39 Å². The Labute approximate surface area is 245 Å². The molecule has 3 heterocycles. The molecule has 2 unspecified atom stereocenters. The van der Waals surface area contributed by atoms with Gasteiger partial charge in [0.1, 0.15) is 17.3 Å². The molecule has 9 nitrogen and oxygen atoms in total. The van der Waals surface area contributed by atoms with Gasteiger partial charge in [0.25, 0.3) is 0 Å². The largest absolute Gasteiger partial charge is 0.456 e. The molecular weight excluding hydrogens is 537 g/mol. The molecule has 0 spiro atoms. The van der Waals surface area contributed by atoms with Crippen LogP contribution in [0.25, 0.3) is 10.9 Å². The molecule has 3 N–H and O–H groups in total.